The van der Waals surface area contributed by atoms with E-state index >= 15 is 0 Å². The van der Waals surface area contributed by atoms with Crippen LogP contribution in [0.5, 0.6) is 0 Å². The van der Waals surface area contributed by atoms with Crippen LogP contribution < -0.4 is 5.32 Å². The van der Waals surface area contributed by atoms with E-state index in [0.29, 0.717) is 6.07 Å². The van der Waals surface area contributed by atoms with Gasteiger partial charge in [-0.15, -0.1) is 0 Å². The van der Waals surface area contributed by atoms with Gasteiger partial charge in [0.25, 0.3) is 5.91 Å². The number of amides is 1. The smallest absolute Gasteiger partial charge is 0.259 e. The van der Waals surface area contributed by atoms with E-state index in [0.717, 1.165) is 12.4 Å². The first-order valence-electron chi connectivity index (χ1n) is 4.91. The Kier molecular flexibility index (Phi) is 3.66. The van der Waals surface area contributed by atoms with Gasteiger partial charge in [0.15, 0.2) is 17.5 Å². The molecule has 8 heteroatoms. The second-order valence-corrected chi connectivity index (χ2v) is 3.79. The van der Waals surface area contributed by atoms with Crippen LogP contribution in [0.2, 0.25) is 5.15 Å². The van der Waals surface area contributed by atoms with Crippen molar-refractivity contribution in [1.29, 1.82) is 0 Å². The zero-order valence-corrected chi connectivity index (χ0v) is 9.88. The molecule has 0 spiro atoms. The number of hydrogen-bond acceptors (Lipinski definition) is 3. The molecule has 1 aromatic heterocycles. The monoisotopic (exact) mass is 287 g/mol. The Labute approximate surface area is 110 Å². The second kappa shape index (κ2) is 5.23. The highest BCUT2D eigenvalue weighted by atomic mass is 35.5. The molecule has 1 amide bonds. The number of nitrogens with one attached hydrogen (secondary N) is 1. The summed E-state index contributed by atoms with van der Waals surface area (Å²) < 4.78 is 39.1. The number of halogens is 4. The highest BCUT2D eigenvalue weighted by molar-refractivity contribution is 6.29. The van der Waals surface area contributed by atoms with Crippen molar-refractivity contribution in [3.8, 4) is 0 Å². The molecule has 0 bridgehead atoms. The number of benzene rings is 1. The normalized spacial score (nSPS) is 10.3. The Bertz CT molecular complexity index is 651. The Balaban J connectivity index is 2.28. The van der Waals surface area contributed by atoms with Gasteiger partial charge in [0.1, 0.15) is 17.3 Å². The highest BCUT2D eigenvalue weighted by Gasteiger charge is 2.19. The average Bonchev–Trinajstić information content (AvgIpc) is 2.36. The van der Waals surface area contributed by atoms with Gasteiger partial charge in [-0.25, -0.2) is 23.1 Å². The molecule has 1 heterocycles. The fourth-order valence-electron chi connectivity index (χ4n) is 1.29. The van der Waals surface area contributed by atoms with Gasteiger partial charge in [-0.1, -0.05) is 11.6 Å². The van der Waals surface area contributed by atoms with Gasteiger partial charge in [-0.3, -0.25) is 4.79 Å². The molecule has 0 unspecified atom stereocenters. The lowest BCUT2D eigenvalue weighted by molar-refractivity contribution is 0.102. The minimum absolute atomic E-state index is 0.00846. The molecule has 0 aliphatic heterocycles. The number of carbonyl (C=O) groups is 1. The van der Waals surface area contributed by atoms with Crippen LogP contribution in [0.15, 0.2) is 24.5 Å². The Morgan fingerprint density at radius 3 is 2.58 bits per heavy atom. The van der Waals surface area contributed by atoms with Gasteiger partial charge in [-0.2, -0.15) is 0 Å². The van der Waals surface area contributed by atoms with Crippen molar-refractivity contribution in [2.24, 2.45) is 0 Å². The molecular formula is C11H5ClF3N3O. The van der Waals surface area contributed by atoms with Gasteiger partial charge < -0.3 is 5.32 Å². The molecule has 2 rings (SSSR count). The summed E-state index contributed by atoms with van der Waals surface area (Å²) in [5.41, 5.74) is -0.645. The molecule has 1 aromatic carbocycles. The van der Waals surface area contributed by atoms with Crippen LogP contribution in [0.25, 0.3) is 0 Å². The van der Waals surface area contributed by atoms with Gasteiger partial charge in [0, 0.05) is 6.07 Å². The summed E-state index contributed by atoms with van der Waals surface area (Å²) in [7, 11) is 0. The molecule has 0 saturated heterocycles. The summed E-state index contributed by atoms with van der Waals surface area (Å²) >= 11 is 5.57. The van der Waals surface area contributed by atoms with E-state index in [1.54, 1.807) is 0 Å². The van der Waals surface area contributed by atoms with E-state index in [2.05, 4.69) is 15.3 Å². The zero-order chi connectivity index (χ0) is 14.0. The molecular weight excluding hydrogens is 283 g/mol. The first-order chi connectivity index (χ1) is 8.99. The van der Waals surface area contributed by atoms with Crippen molar-refractivity contribution in [1.82, 2.24) is 9.97 Å². The van der Waals surface area contributed by atoms with Crippen LogP contribution in [0.1, 0.15) is 10.4 Å². The number of carbonyl (C=O) groups excluding carboxylic acids is 1. The third-order valence-corrected chi connectivity index (χ3v) is 2.36. The molecule has 0 radical (unpaired) electrons. The predicted octanol–water partition coefficient (Wildman–Crippen LogP) is 2.80. The van der Waals surface area contributed by atoms with Crippen molar-refractivity contribution >= 4 is 23.3 Å². The Morgan fingerprint density at radius 2 is 1.89 bits per heavy atom. The van der Waals surface area contributed by atoms with Gasteiger partial charge in [0.2, 0.25) is 0 Å². The first-order valence-corrected chi connectivity index (χ1v) is 5.29. The quantitative estimate of drug-likeness (QED) is 0.682. The summed E-state index contributed by atoms with van der Waals surface area (Å²) in [6.07, 6.45) is 1.08. The maximum absolute atomic E-state index is 13.4. The van der Waals surface area contributed by atoms with Crippen LogP contribution >= 0.6 is 11.6 Å². The highest BCUT2D eigenvalue weighted by Crippen LogP contribution is 2.17. The number of anilines is 1. The molecule has 0 fully saturated rings. The van der Waals surface area contributed by atoms with Crippen LogP contribution in [0.4, 0.5) is 19.0 Å². The Morgan fingerprint density at radius 1 is 1.16 bits per heavy atom. The largest absolute Gasteiger partial charge is 0.306 e. The lowest BCUT2D eigenvalue weighted by Crippen LogP contribution is -2.16. The fourth-order valence-corrected chi connectivity index (χ4v) is 1.43. The number of hydrogen-bond donors (Lipinski definition) is 1. The van der Waals surface area contributed by atoms with Gasteiger partial charge >= 0.3 is 0 Å². The van der Waals surface area contributed by atoms with E-state index in [9.17, 15) is 18.0 Å². The minimum Gasteiger partial charge on any atom is -0.306 e. The van der Waals surface area contributed by atoms with Crippen molar-refractivity contribution < 1.29 is 18.0 Å². The van der Waals surface area contributed by atoms with E-state index in [1.165, 1.54) is 6.07 Å². The molecule has 0 aliphatic rings. The van der Waals surface area contributed by atoms with Crippen molar-refractivity contribution in [3.05, 3.63) is 52.7 Å². The molecule has 0 saturated carbocycles. The van der Waals surface area contributed by atoms with Crippen LogP contribution in [-0.4, -0.2) is 15.9 Å². The molecule has 1 N–H and O–H groups in total. The van der Waals surface area contributed by atoms with Crippen LogP contribution in [0, 0.1) is 17.5 Å². The second-order valence-electron chi connectivity index (χ2n) is 3.40. The topological polar surface area (TPSA) is 54.9 Å². The molecule has 19 heavy (non-hydrogen) atoms. The number of aromatic nitrogens is 2. The van der Waals surface area contributed by atoms with Crippen LogP contribution in [-0.2, 0) is 0 Å². The summed E-state index contributed by atoms with van der Waals surface area (Å²) in [6.45, 7) is 0. The zero-order valence-electron chi connectivity index (χ0n) is 9.12. The third kappa shape index (κ3) is 2.82. The SMILES string of the molecule is O=C(Nc1cc(Cl)ncn1)c1ccc(F)c(F)c1F. The maximum atomic E-state index is 13.4. The lowest BCUT2D eigenvalue weighted by Gasteiger charge is -2.06. The summed E-state index contributed by atoms with van der Waals surface area (Å²) in [5, 5.41) is 2.25. The third-order valence-electron chi connectivity index (χ3n) is 2.16. The standard InChI is InChI=1S/C11H5ClF3N3O/c12-7-3-8(17-4-16-7)18-11(19)5-1-2-6(13)10(15)9(5)14/h1-4H,(H,16,17,18,19). The van der Waals surface area contributed by atoms with Crippen molar-refractivity contribution in [2.45, 2.75) is 0 Å². The lowest BCUT2D eigenvalue weighted by atomic mass is 10.2. The van der Waals surface area contributed by atoms with E-state index in [4.69, 9.17) is 11.6 Å². The van der Waals surface area contributed by atoms with Crippen molar-refractivity contribution in [3.63, 3.8) is 0 Å². The summed E-state index contributed by atoms with van der Waals surface area (Å²) in [5.74, 6) is -5.63. The van der Waals surface area contributed by atoms with Gasteiger partial charge in [0.05, 0.1) is 5.56 Å². The molecule has 4 nitrogen and oxygen atoms in total. The minimum atomic E-state index is -1.71. The van der Waals surface area contributed by atoms with E-state index in [-0.39, 0.29) is 11.0 Å². The number of nitrogens with zero attached hydrogens (tertiary/aromatic N) is 2. The maximum Gasteiger partial charge on any atom is 0.259 e. The molecule has 98 valence electrons. The number of rotatable bonds is 2. The van der Waals surface area contributed by atoms with Crippen LogP contribution in [0.3, 0.4) is 0 Å². The van der Waals surface area contributed by atoms with E-state index < -0.39 is 28.9 Å². The average molecular weight is 288 g/mol. The van der Waals surface area contributed by atoms with Gasteiger partial charge in [-0.05, 0) is 12.1 Å². The Hall–Kier alpha value is -2.15. The fraction of sp³-hybridized carbons (Fsp3) is 0. The molecule has 0 aliphatic carbocycles. The summed E-state index contributed by atoms with van der Waals surface area (Å²) in [6, 6.07) is 2.70. The molecule has 2 aromatic rings. The van der Waals surface area contributed by atoms with E-state index in [1.807, 2.05) is 0 Å². The predicted molar refractivity (Wildman–Crippen MR) is 61.3 cm³/mol. The molecule has 0 atom stereocenters. The summed E-state index contributed by atoms with van der Waals surface area (Å²) in [4.78, 5) is 18.9. The van der Waals surface area contributed by atoms with Crippen molar-refractivity contribution in [2.75, 3.05) is 5.32 Å². The first kappa shape index (κ1) is 13.3.